The Bertz CT molecular complexity index is 777. The summed E-state index contributed by atoms with van der Waals surface area (Å²) < 4.78 is 2.46. The zero-order valence-corrected chi connectivity index (χ0v) is 12.4. The summed E-state index contributed by atoms with van der Waals surface area (Å²) in [6, 6.07) is 13.2. The summed E-state index contributed by atoms with van der Waals surface area (Å²) >= 11 is 1.76. The molecule has 0 amide bonds. The van der Waals surface area contributed by atoms with E-state index in [1.165, 1.54) is 40.7 Å². The highest BCUT2D eigenvalue weighted by Crippen LogP contribution is 2.37. The van der Waals surface area contributed by atoms with Gasteiger partial charge in [-0.15, -0.1) is 0 Å². The molecule has 0 aliphatic heterocycles. The van der Waals surface area contributed by atoms with Gasteiger partial charge in [0.1, 0.15) is 0 Å². The van der Waals surface area contributed by atoms with Crippen LogP contribution in [-0.4, -0.2) is 4.57 Å². The van der Waals surface area contributed by atoms with Crippen molar-refractivity contribution < 1.29 is 0 Å². The summed E-state index contributed by atoms with van der Waals surface area (Å²) in [6.07, 6.45) is 4.79. The molecule has 100 valence electrons. The molecule has 1 aromatic carbocycles. The first kappa shape index (κ1) is 12.0. The molecule has 0 N–H and O–H groups in total. The summed E-state index contributed by atoms with van der Waals surface area (Å²) in [4.78, 5) is 0. The Labute approximate surface area is 123 Å². The van der Waals surface area contributed by atoms with E-state index in [0.29, 0.717) is 0 Å². The number of aromatic nitrogens is 1. The van der Waals surface area contributed by atoms with Crippen molar-refractivity contribution in [3.05, 3.63) is 53.2 Å². The Hall–Kier alpha value is -1.80. The average Bonchev–Trinajstić information content (AvgIpc) is 3.16. The fraction of sp³-hybridized carbons (Fsp3) is 0.222. The van der Waals surface area contributed by atoms with Crippen molar-refractivity contribution in [1.29, 1.82) is 0 Å². The number of allylic oxidation sites excluding steroid dienone is 2. The second-order valence-corrected chi connectivity index (χ2v) is 6.46. The molecule has 1 aliphatic carbocycles. The summed E-state index contributed by atoms with van der Waals surface area (Å²) in [5, 5.41) is 5.72. The quantitative estimate of drug-likeness (QED) is 0.572. The maximum Gasteiger partial charge on any atom is 0.0545 e. The Morgan fingerprint density at radius 2 is 2.10 bits per heavy atom. The molecule has 0 spiro atoms. The number of benzene rings is 1. The molecule has 0 radical (unpaired) electrons. The van der Waals surface area contributed by atoms with Crippen molar-refractivity contribution in [3.63, 3.8) is 0 Å². The van der Waals surface area contributed by atoms with Gasteiger partial charge in [-0.25, -0.2) is 0 Å². The van der Waals surface area contributed by atoms with E-state index in [1.54, 1.807) is 11.3 Å². The third-order valence-corrected chi connectivity index (χ3v) is 4.81. The van der Waals surface area contributed by atoms with E-state index in [0.717, 1.165) is 5.92 Å². The fourth-order valence-electron chi connectivity index (χ4n) is 3.13. The molecule has 20 heavy (non-hydrogen) atoms. The van der Waals surface area contributed by atoms with Gasteiger partial charge in [-0.1, -0.05) is 31.2 Å². The molecule has 1 aliphatic rings. The molecular formula is C18H17NS. The molecule has 2 aromatic heterocycles. The van der Waals surface area contributed by atoms with Gasteiger partial charge in [-0.2, -0.15) is 11.3 Å². The molecule has 0 saturated heterocycles. The third kappa shape index (κ3) is 1.83. The highest BCUT2D eigenvalue weighted by molar-refractivity contribution is 7.08. The SMILES string of the molecule is CC1CC=C(n2c(-c3ccsc3)cc3ccccc32)C1. The number of para-hydroxylation sites is 1. The Morgan fingerprint density at radius 3 is 2.85 bits per heavy atom. The summed E-state index contributed by atoms with van der Waals surface area (Å²) in [5.41, 5.74) is 5.44. The predicted octanol–water partition coefficient (Wildman–Crippen LogP) is 5.64. The van der Waals surface area contributed by atoms with Gasteiger partial charge in [-0.05, 0) is 42.3 Å². The number of rotatable bonds is 2. The van der Waals surface area contributed by atoms with E-state index < -0.39 is 0 Å². The predicted molar refractivity (Wildman–Crippen MR) is 87.9 cm³/mol. The van der Waals surface area contributed by atoms with Gasteiger partial charge >= 0.3 is 0 Å². The molecule has 1 unspecified atom stereocenters. The molecule has 0 saturated carbocycles. The van der Waals surface area contributed by atoms with Crippen LogP contribution in [0.3, 0.4) is 0 Å². The van der Waals surface area contributed by atoms with Gasteiger partial charge in [0.25, 0.3) is 0 Å². The lowest BCUT2D eigenvalue weighted by molar-refractivity contribution is 0.636. The number of hydrogen-bond acceptors (Lipinski definition) is 1. The van der Waals surface area contributed by atoms with Crippen molar-refractivity contribution in [3.8, 4) is 11.3 Å². The molecule has 0 bridgehead atoms. The van der Waals surface area contributed by atoms with Crippen LogP contribution in [0, 0.1) is 5.92 Å². The molecule has 3 aromatic rings. The minimum atomic E-state index is 0.765. The van der Waals surface area contributed by atoms with Crippen LogP contribution in [0.1, 0.15) is 19.8 Å². The van der Waals surface area contributed by atoms with E-state index in [9.17, 15) is 0 Å². The topological polar surface area (TPSA) is 4.93 Å². The van der Waals surface area contributed by atoms with Gasteiger partial charge in [0, 0.05) is 22.0 Å². The number of thiophene rings is 1. The normalized spacial score (nSPS) is 18.6. The van der Waals surface area contributed by atoms with Crippen LogP contribution in [0.25, 0.3) is 27.9 Å². The maximum atomic E-state index is 2.46. The monoisotopic (exact) mass is 279 g/mol. The van der Waals surface area contributed by atoms with Crippen molar-refractivity contribution in [2.24, 2.45) is 5.92 Å². The van der Waals surface area contributed by atoms with Crippen LogP contribution in [0.4, 0.5) is 0 Å². The van der Waals surface area contributed by atoms with Crippen molar-refractivity contribution >= 4 is 27.9 Å². The van der Waals surface area contributed by atoms with Crippen LogP contribution < -0.4 is 0 Å². The summed E-state index contributed by atoms with van der Waals surface area (Å²) in [5.74, 6) is 0.765. The number of nitrogens with zero attached hydrogens (tertiary/aromatic N) is 1. The van der Waals surface area contributed by atoms with Gasteiger partial charge in [-0.3, -0.25) is 0 Å². The van der Waals surface area contributed by atoms with Gasteiger partial charge < -0.3 is 4.57 Å². The first-order chi connectivity index (χ1) is 9.83. The van der Waals surface area contributed by atoms with E-state index in [-0.39, 0.29) is 0 Å². The zero-order chi connectivity index (χ0) is 13.5. The van der Waals surface area contributed by atoms with Crippen LogP contribution in [0.2, 0.25) is 0 Å². The van der Waals surface area contributed by atoms with E-state index >= 15 is 0 Å². The summed E-state index contributed by atoms with van der Waals surface area (Å²) in [7, 11) is 0. The molecule has 2 heterocycles. The van der Waals surface area contributed by atoms with Crippen molar-refractivity contribution in [2.45, 2.75) is 19.8 Å². The molecule has 0 fully saturated rings. The second-order valence-electron chi connectivity index (χ2n) is 5.68. The molecule has 2 heteroatoms. The largest absolute Gasteiger partial charge is 0.313 e. The highest BCUT2D eigenvalue weighted by atomic mass is 32.1. The number of hydrogen-bond donors (Lipinski definition) is 0. The number of fused-ring (bicyclic) bond motifs is 1. The molecule has 1 nitrogen and oxygen atoms in total. The zero-order valence-electron chi connectivity index (χ0n) is 11.5. The lowest BCUT2D eigenvalue weighted by Crippen LogP contribution is -1.98. The lowest BCUT2D eigenvalue weighted by Gasteiger charge is -2.12. The molecular weight excluding hydrogens is 262 g/mol. The lowest BCUT2D eigenvalue weighted by atomic mass is 10.1. The third-order valence-electron chi connectivity index (χ3n) is 4.13. The van der Waals surface area contributed by atoms with Crippen LogP contribution >= 0.6 is 11.3 Å². The van der Waals surface area contributed by atoms with Crippen LogP contribution in [0.15, 0.2) is 53.2 Å². The Kier molecular flexibility index (Phi) is 2.78. The van der Waals surface area contributed by atoms with Crippen molar-refractivity contribution in [1.82, 2.24) is 4.57 Å². The van der Waals surface area contributed by atoms with E-state index in [4.69, 9.17) is 0 Å². The maximum absolute atomic E-state index is 2.46. The van der Waals surface area contributed by atoms with E-state index in [2.05, 4.69) is 64.7 Å². The minimum absolute atomic E-state index is 0.765. The highest BCUT2D eigenvalue weighted by Gasteiger charge is 2.19. The van der Waals surface area contributed by atoms with Crippen LogP contribution in [0.5, 0.6) is 0 Å². The second kappa shape index (κ2) is 4.64. The Morgan fingerprint density at radius 1 is 1.20 bits per heavy atom. The first-order valence-electron chi connectivity index (χ1n) is 7.15. The van der Waals surface area contributed by atoms with Gasteiger partial charge in [0.15, 0.2) is 0 Å². The standard InChI is InChI=1S/C18H17NS/c1-13-6-7-16(10-13)19-17-5-3-2-4-14(17)11-18(19)15-8-9-20-12-15/h2-5,7-9,11-13H,6,10H2,1H3. The first-order valence-corrected chi connectivity index (χ1v) is 8.09. The van der Waals surface area contributed by atoms with Crippen molar-refractivity contribution in [2.75, 3.05) is 0 Å². The smallest absolute Gasteiger partial charge is 0.0545 e. The Balaban J connectivity index is 1.99. The molecule has 4 rings (SSSR count). The average molecular weight is 279 g/mol. The minimum Gasteiger partial charge on any atom is -0.313 e. The molecule has 1 atom stereocenters. The van der Waals surface area contributed by atoms with E-state index in [1.807, 2.05) is 0 Å². The van der Waals surface area contributed by atoms with Crippen LogP contribution in [-0.2, 0) is 0 Å². The van der Waals surface area contributed by atoms with Gasteiger partial charge in [0.05, 0.1) is 11.2 Å². The fourth-order valence-corrected chi connectivity index (χ4v) is 3.78. The van der Waals surface area contributed by atoms with Gasteiger partial charge in [0.2, 0.25) is 0 Å². The summed E-state index contributed by atoms with van der Waals surface area (Å²) in [6.45, 7) is 2.33.